The van der Waals surface area contributed by atoms with Crippen molar-refractivity contribution in [2.45, 2.75) is 33.2 Å². The molecule has 4 nitrogen and oxygen atoms in total. The summed E-state index contributed by atoms with van der Waals surface area (Å²) < 4.78 is 1.89. The molecule has 102 valence electrons. The molecule has 0 aliphatic carbocycles. The summed E-state index contributed by atoms with van der Waals surface area (Å²) >= 11 is 0. The summed E-state index contributed by atoms with van der Waals surface area (Å²) in [6, 6.07) is 0. The van der Waals surface area contributed by atoms with E-state index in [0.29, 0.717) is 0 Å². The average Bonchev–Trinajstić information content (AvgIpc) is 2.89. The lowest BCUT2D eigenvalue weighted by Crippen LogP contribution is -2.31. The van der Waals surface area contributed by atoms with Crippen molar-refractivity contribution in [3.63, 3.8) is 0 Å². The highest BCUT2D eigenvalue weighted by Gasteiger charge is 2.14. The maximum atomic E-state index is 4.36. The summed E-state index contributed by atoms with van der Waals surface area (Å²) in [5.74, 6) is 0.722. The summed E-state index contributed by atoms with van der Waals surface area (Å²) in [5.41, 5.74) is 2.45. The highest BCUT2D eigenvalue weighted by atomic mass is 15.2. The number of nitrogens with zero attached hydrogens (tertiary/aromatic N) is 3. The van der Waals surface area contributed by atoms with Gasteiger partial charge in [0.1, 0.15) is 0 Å². The van der Waals surface area contributed by atoms with Crippen molar-refractivity contribution >= 4 is 0 Å². The number of hydrogen-bond donors (Lipinski definition) is 1. The Morgan fingerprint density at radius 1 is 1.39 bits per heavy atom. The van der Waals surface area contributed by atoms with Crippen molar-refractivity contribution in [2.75, 3.05) is 26.2 Å². The van der Waals surface area contributed by atoms with Crippen molar-refractivity contribution in [2.24, 2.45) is 13.0 Å². The Morgan fingerprint density at radius 2 is 2.11 bits per heavy atom. The fraction of sp³-hybridized carbons (Fsp3) is 0.786. The molecule has 1 fully saturated rings. The standard InChI is InChI=1S/C14H26N4/c1-12(10-18-6-4-5-7-18)8-15-9-14-11-17(3)16-13(14)2/h11-12,15H,4-10H2,1-3H3. The number of hydrogen-bond acceptors (Lipinski definition) is 3. The fourth-order valence-corrected chi connectivity index (χ4v) is 2.75. The zero-order valence-electron chi connectivity index (χ0n) is 11.9. The maximum Gasteiger partial charge on any atom is 0.0638 e. The zero-order valence-corrected chi connectivity index (χ0v) is 11.9. The van der Waals surface area contributed by atoms with E-state index in [9.17, 15) is 0 Å². The third kappa shape index (κ3) is 3.82. The topological polar surface area (TPSA) is 33.1 Å². The van der Waals surface area contributed by atoms with Gasteiger partial charge in [-0.1, -0.05) is 6.92 Å². The average molecular weight is 250 g/mol. The van der Waals surface area contributed by atoms with Crippen LogP contribution < -0.4 is 5.32 Å². The highest BCUT2D eigenvalue weighted by Crippen LogP contribution is 2.10. The van der Waals surface area contributed by atoms with Gasteiger partial charge in [-0.15, -0.1) is 0 Å². The predicted molar refractivity (Wildman–Crippen MR) is 74.5 cm³/mol. The summed E-state index contributed by atoms with van der Waals surface area (Å²) in [6.07, 6.45) is 4.87. The van der Waals surface area contributed by atoms with Crippen molar-refractivity contribution in [3.8, 4) is 0 Å². The molecule has 18 heavy (non-hydrogen) atoms. The molecule has 1 unspecified atom stereocenters. The SMILES string of the molecule is Cc1nn(C)cc1CNCC(C)CN1CCCC1. The van der Waals surface area contributed by atoms with E-state index in [4.69, 9.17) is 0 Å². The zero-order chi connectivity index (χ0) is 13.0. The summed E-state index contributed by atoms with van der Waals surface area (Å²) in [6.45, 7) is 10.3. The Balaban J connectivity index is 1.66. The van der Waals surface area contributed by atoms with Crippen molar-refractivity contribution in [1.29, 1.82) is 0 Å². The van der Waals surface area contributed by atoms with E-state index in [0.717, 1.165) is 24.7 Å². The largest absolute Gasteiger partial charge is 0.312 e. The predicted octanol–water partition coefficient (Wildman–Crippen LogP) is 1.55. The van der Waals surface area contributed by atoms with Crippen LogP contribution in [-0.2, 0) is 13.6 Å². The molecule has 1 aliphatic rings. The van der Waals surface area contributed by atoms with Crippen LogP contribution in [0.3, 0.4) is 0 Å². The third-order valence-corrected chi connectivity index (χ3v) is 3.69. The third-order valence-electron chi connectivity index (χ3n) is 3.69. The van der Waals surface area contributed by atoms with Crippen molar-refractivity contribution < 1.29 is 0 Å². The van der Waals surface area contributed by atoms with Gasteiger partial charge in [0.25, 0.3) is 0 Å². The molecule has 0 spiro atoms. The first-order chi connectivity index (χ1) is 8.65. The Hall–Kier alpha value is -0.870. The second-order valence-corrected chi connectivity index (χ2v) is 5.66. The first-order valence-corrected chi connectivity index (χ1v) is 7.07. The second kappa shape index (κ2) is 6.34. The number of rotatable bonds is 6. The molecule has 0 radical (unpaired) electrons. The molecule has 1 aromatic heterocycles. The van der Waals surface area contributed by atoms with Gasteiger partial charge in [0.15, 0.2) is 0 Å². The van der Waals surface area contributed by atoms with Crippen LogP contribution in [0, 0.1) is 12.8 Å². The Morgan fingerprint density at radius 3 is 2.72 bits per heavy atom. The van der Waals surface area contributed by atoms with Crippen LogP contribution in [0.5, 0.6) is 0 Å². The summed E-state index contributed by atoms with van der Waals surface area (Å²) in [4.78, 5) is 2.58. The highest BCUT2D eigenvalue weighted by molar-refractivity contribution is 5.14. The second-order valence-electron chi connectivity index (χ2n) is 5.66. The van der Waals surface area contributed by atoms with E-state index < -0.39 is 0 Å². The molecular weight excluding hydrogens is 224 g/mol. The van der Waals surface area contributed by atoms with Gasteiger partial charge in [-0.2, -0.15) is 5.10 Å². The van der Waals surface area contributed by atoms with Crippen LogP contribution in [-0.4, -0.2) is 40.9 Å². The maximum absolute atomic E-state index is 4.36. The van der Waals surface area contributed by atoms with Gasteiger partial charge in [-0.25, -0.2) is 0 Å². The minimum atomic E-state index is 0.722. The fourth-order valence-electron chi connectivity index (χ4n) is 2.75. The molecule has 0 aromatic carbocycles. The van der Waals surface area contributed by atoms with Gasteiger partial charge in [-0.3, -0.25) is 4.68 Å². The molecule has 2 rings (SSSR count). The van der Waals surface area contributed by atoms with E-state index in [1.165, 1.54) is 38.0 Å². The molecule has 1 saturated heterocycles. The molecule has 1 N–H and O–H groups in total. The van der Waals surface area contributed by atoms with Gasteiger partial charge < -0.3 is 10.2 Å². The van der Waals surface area contributed by atoms with E-state index in [2.05, 4.69) is 35.4 Å². The lowest BCUT2D eigenvalue weighted by atomic mass is 10.1. The molecule has 0 saturated carbocycles. The lowest BCUT2D eigenvalue weighted by molar-refractivity contribution is 0.282. The summed E-state index contributed by atoms with van der Waals surface area (Å²) in [5, 5.41) is 7.91. The van der Waals surface area contributed by atoms with Gasteiger partial charge >= 0.3 is 0 Å². The summed E-state index contributed by atoms with van der Waals surface area (Å²) in [7, 11) is 1.98. The molecular formula is C14H26N4. The number of likely N-dealkylation sites (tertiary alicyclic amines) is 1. The van der Waals surface area contributed by atoms with E-state index in [1.54, 1.807) is 0 Å². The Kier molecular flexibility index (Phi) is 4.78. The quantitative estimate of drug-likeness (QED) is 0.831. The van der Waals surface area contributed by atoms with Crippen LogP contribution in [0.1, 0.15) is 31.0 Å². The van der Waals surface area contributed by atoms with Gasteiger partial charge in [0.2, 0.25) is 0 Å². The van der Waals surface area contributed by atoms with Crippen molar-refractivity contribution in [3.05, 3.63) is 17.5 Å². The van der Waals surface area contributed by atoms with E-state index >= 15 is 0 Å². The number of aromatic nitrogens is 2. The first kappa shape index (κ1) is 13.6. The van der Waals surface area contributed by atoms with Crippen LogP contribution in [0.2, 0.25) is 0 Å². The van der Waals surface area contributed by atoms with Crippen molar-refractivity contribution in [1.82, 2.24) is 20.0 Å². The smallest absolute Gasteiger partial charge is 0.0638 e. The molecule has 4 heteroatoms. The van der Waals surface area contributed by atoms with Gasteiger partial charge in [0.05, 0.1) is 5.69 Å². The minimum absolute atomic E-state index is 0.722. The number of nitrogens with one attached hydrogen (secondary N) is 1. The molecule has 1 atom stereocenters. The molecule has 0 bridgehead atoms. The van der Waals surface area contributed by atoms with Crippen LogP contribution in [0.15, 0.2) is 6.20 Å². The lowest BCUT2D eigenvalue weighted by Gasteiger charge is -2.20. The molecule has 2 heterocycles. The van der Waals surface area contributed by atoms with Crippen LogP contribution in [0.4, 0.5) is 0 Å². The van der Waals surface area contributed by atoms with E-state index in [-0.39, 0.29) is 0 Å². The van der Waals surface area contributed by atoms with Crippen LogP contribution >= 0.6 is 0 Å². The van der Waals surface area contributed by atoms with Crippen LogP contribution in [0.25, 0.3) is 0 Å². The molecule has 1 aliphatic heterocycles. The Bertz CT molecular complexity index is 366. The minimum Gasteiger partial charge on any atom is -0.312 e. The molecule has 1 aromatic rings. The Labute approximate surface area is 110 Å². The number of aryl methyl sites for hydroxylation is 2. The molecule has 0 amide bonds. The first-order valence-electron chi connectivity index (χ1n) is 7.07. The normalized spacial score (nSPS) is 18.4. The monoisotopic (exact) mass is 250 g/mol. The van der Waals surface area contributed by atoms with Gasteiger partial charge in [-0.05, 0) is 45.3 Å². The van der Waals surface area contributed by atoms with E-state index in [1.807, 2.05) is 11.7 Å². The van der Waals surface area contributed by atoms with Gasteiger partial charge in [0, 0.05) is 31.9 Å².